The minimum absolute atomic E-state index is 0.275. The molecule has 0 saturated heterocycles. The van der Waals surface area contributed by atoms with E-state index in [9.17, 15) is 14.8 Å². The predicted octanol–water partition coefficient (Wildman–Crippen LogP) is -0.733. The molecule has 0 aromatic carbocycles. The van der Waals surface area contributed by atoms with Gasteiger partial charge in [0.05, 0.1) is 13.2 Å². The number of phosphoric acid groups is 1. The highest BCUT2D eigenvalue weighted by atomic mass is 31.2. The minimum Gasteiger partial charge on any atom is -0.383 e. The van der Waals surface area contributed by atoms with Gasteiger partial charge < -0.3 is 30.1 Å². The standard InChI is InChI=1S/C11H20NO7P/c1-12-5-3-9-2-4-11(14,10(13)8-9)18-6-7-19-20(15,16)17/h2,4,8,10,12-14H,3,5-7H2,1H3,(H2,15,16,17). The number of phosphoric ester groups is 1. The van der Waals surface area contributed by atoms with Crippen molar-refractivity contribution in [1.82, 2.24) is 5.32 Å². The quantitative estimate of drug-likeness (QED) is 0.225. The van der Waals surface area contributed by atoms with Gasteiger partial charge in [0, 0.05) is 0 Å². The van der Waals surface area contributed by atoms with E-state index in [1.807, 2.05) is 7.05 Å². The van der Waals surface area contributed by atoms with Crippen LogP contribution in [0.5, 0.6) is 0 Å². The molecule has 116 valence electrons. The number of rotatable bonds is 8. The minimum atomic E-state index is -4.56. The van der Waals surface area contributed by atoms with Crippen molar-refractivity contribution in [3.8, 4) is 0 Å². The Labute approximate surface area is 117 Å². The molecule has 0 fully saturated rings. The number of nitrogens with one attached hydrogen (secondary N) is 1. The van der Waals surface area contributed by atoms with Crippen molar-refractivity contribution in [2.24, 2.45) is 0 Å². The second-order valence-electron chi connectivity index (χ2n) is 4.30. The molecule has 20 heavy (non-hydrogen) atoms. The summed E-state index contributed by atoms with van der Waals surface area (Å²) in [6.45, 7) is 0.0600. The van der Waals surface area contributed by atoms with Crippen LogP contribution in [0.25, 0.3) is 0 Å². The molecule has 0 saturated carbocycles. The van der Waals surface area contributed by atoms with Crippen molar-refractivity contribution < 1.29 is 33.8 Å². The zero-order valence-corrected chi connectivity index (χ0v) is 12.0. The third kappa shape index (κ3) is 5.82. The summed E-state index contributed by atoms with van der Waals surface area (Å²) in [5, 5.41) is 22.8. The molecule has 2 atom stereocenters. The first-order valence-corrected chi connectivity index (χ1v) is 7.59. The third-order valence-electron chi connectivity index (χ3n) is 2.67. The van der Waals surface area contributed by atoms with Gasteiger partial charge in [0.15, 0.2) is 0 Å². The summed E-state index contributed by atoms with van der Waals surface area (Å²) >= 11 is 0. The summed E-state index contributed by atoms with van der Waals surface area (Å²) in [5.41, 5.74) is 0.853. The maximum Gasteiger partial charge on any atom is 0.469 e. The Kier molecular flexibility index (Phi) is 6.50. The van der Waals surface area contributed by atoms with Crippen LogP contribution in [0.1, 0.15) is 6.42 Å². The van der Waals surface area contributed by atoms with Crippen LogP contribution in [-0.4, -0.2) is 58.7 Å². The van der Waals surface area contributed by atoms with E-state index in [1.54, 1.807) is 6.08 Å². The molecule has 0 amide bonds. The van der Waals surface area contributed by atoms with Gasteiger partial charge in [-0.2, -0.15) is 0 Å². The number of aliphatic hydroxyl groups is 2. The summed E-state index contributed by atoms with van der Waals surface area (Å²) in [5.74, 6) is -1.92. The van der Waals surface area contributed by atoms with Gasteiger partial charge in [0.1, 0.15) is 6.10 Å². The second-order valence-corrected chi connectivity index (χ2v) is 5.54. The summed E-state index contributed by atoms with van der Waals surface area (Å²) in [6.07, 6.45) is 3.85. The smallest absolute Gasteiger partial charge is 0.383 e. The zero-order chi connectivity index (χ0) is 15.2. The lowest BCUT2D eigenvalue weighted by Crippen LogP contribution is -2.44. The number of aliphatic hydroxyl groups excluding tert-OH is 1. The molecule has 0 spiro atoms. The van der Waals surface area contributed by atoms with Gasteiger partial charge in [-0.15, -0.1) is 0 Å². The summed E-state index contributed by atoms with van der Waals surface area (Å²) in [7, 11) is -2.75. The Morgan fingerprint density at radius 1 is 1.45 bits per heavy atom. The molecule has 1 rings (SSSR count). The Hall–Kier alpha value is -0.570. The van der Waals surface area contributed by atoms with E-state index in [0.717, 1.165) is 12.1 Å². The monoisotopic (exact) mass is 309 g/mol. The van der Waals surface area contributed by atoms with Gasteiger partial charge in [-0.1, -0.05) is 6.08 Å². The highest BCUT2D eigenvalue weighted by molar-refractivity contribution is 7.46. The molecule has 1 aliphatic carbocycles. The fourth-order valence-corrected chi connectivity index (χ4v) is 1.95. The summed E-state index contributed by atoms with van der Waals surface area (Å²) in [4.78, 5) is 17.0. The van der Waals surface area contributed by atoms with Crippen molar-refractivity contribution in [1.29, 1.82) is 0 Å². The Morgan fingerprint density at radius 2 is 2.15 bits per heavy atom. The first-order chi connectivity index (χ1) is 9.27. The lowest BCUT2D eigenvalue weighted by molar-refractivity contribution is -0.215. The molecule has 0 aromatic rings. The number of ether oxygens (including phenoxy) is 1. The third-order valence-corrected chi connectivity index (χ3v) is 3.19. The molecule has 0 radical (unpaired) electrons. The van der Waals surface area contributed by atoms with Crippen LogP contribution >= 0.6 is 7.82 Å². The van der Waals surface area contributed by atoms with Crippen molar-refractivity contribution >= 4 is 7.82 Å². The van der Waals surface area contributed by atoms with Crippen LogP contribution in [0.2, 0.25) is 0 Å². The van der Waals surface area contributed by atoms with Crippen LogP contribution in [0, 0.1) is 0 Å². The van der Waals surface area contributed by atoms with E-state index < -0.39 is 26.3 Å². The SMILES string of the molecule is CNCCC1=CC(O)C(O)(OCCOP(=O)(O)O)C=C1. The molecule has 9 heteroatoms. The van der Waals surface area contributed by atoms with Crippen LogP contribution in [-0.2, 0) is 13.8 Å². The van der Waals surface area contributed by atoms with Gasteiger partial charge in [-0.3, -0.25) is 4.52 Å². The van der Waals surface area contributed by atoms with Gasteiger partial charge >= 0.3 is 7.82 Å². The van der Waals surface area contributed by atoms with E-state index in [-0.39, 0.29) is 6.61 Å². The first-order valence-electron chi connectivity index (χ1n) is 6.06. The molecule has 8 nitrogen and oxygen atoms in total. The van der Waals surface area contributed by atoms with Crippen LogP contribution < -0.4 is 5.32 Å². The average molecular weight is 309 g/mol. The van der Waals surface area contributed by atoms with Crippen molar-refractivity contribution in [3.05, 3.63) is 23.8 Å². The Balaban J connectivity index is 2.45. The van der Waals surface area contributed by atoms with Crippen LogP contribution in [0.3, 0.4) is 0 Å². The van der Waals surface area contributed by atoms with E-state index in [1.165, 1.54) is 12.2 Å². The lowest BCUT2D eigenvalue weighted by Gasteiger charge is -2.31. The molecule has 0 aliphatic heterocycles. The van der Waals surface area contributed by atoms with Crippen molar-refractivity contribution in [2.75, 3.05) is 26.8 Å². The Morgan fingerprint density at radius 3 is 2.70 bits per heavy atom. The Bertz CT molecular complexity index is 419. The molecular weight excluding hydrogens is 289 g/mol. The van der Waals surface area contributed by atoms with Crippen molar-refractivity contribution in [3.63, 3.8) is 0 Å². The van der Waals surface area contributed by atoms with Gasteiger partial charge in [0.25, 0.3) is 0 Å². The van der Waals surface area contributed by atoms with Crippen LogP contribution in [0.4, 0.5) is 0 Å². The van der Waals surface area contributed by atoms with E-state index in [0.29, 0.717) is 6.42 Å². The molecule has 0 bridgehead atoms. The molecule has 0 aromatic heterocycles. The fourth-order valence-electron chi connectivity index (χ4n) is 1.63. The van der Waals surface area contributed by atoms with Gasteiger partial charge in [0.2, 0.25) is 5.79 Å². The topological polar surface area (TPSA) is 128 Å². The summed E-state index contributed by atoms with van der Waals surface area (Å²) < 4.78 is 19.6. The number of hydrogen-bond donors (Lipinski definition) is 5. The van der Waals surface area contributed by atoms with E-state index in [4.69, 9.17) is 14.5 Å². The van der Waals surface area contributed by atoms with E-state index in [2.05, 4.69) is 9.84 Å². The van der Waals surface area contributed by atoms with Gasteiger partial charge in [-0.05, 0) is 37.7 Å². The molecule has 1 aliphatic rings. The highest BCUT2D eigenvalue weighted by Gasteiger charge is 2.35. The van der Waals surface area contributed by atoms with Gasteiger partial charge in [-0.25, -0.2) is 4.57 Å². The maximum atomic E-state index is 10.4. The molecular formula is C11H20NO7P. The molecule has 2 unspecified atom stereocenters. The zero-order valence-electron chi connectivity index (χ0n) is 11.1. The largest absolute Gasteiger partial charge is 0.469 e. The first kappa shape index (κ1) is 17.5. The molecule has 5 N–H and O–H groups in total. The average Bonchev–Trinajstić information content (AvgIpc) is 2.35. The lowest BCUT2D eigenvalue weighted by atomic mass is 9.97. The number of allylic oxidation sites excluding steroid dienone is 1. The fraction of sp³-hybridized carbons (Fsp3) is 0.636. The predicted molar refractivity (Wildman–Crippen MR) is 70.7 cm³/mol. The highest BCUT2D eigenvalue weighted by Crippen LogP contribution is 2.35. The summed E-state index contributed by atoms with van der Waals surface area (Å²) in [6, 6.07) is 0. The maximum absolute atomic E-state index is 10.4. The normalized spacial score (nSPS) is 26.6. The molecule has 0 heterocycles. The second kappa shape index (κ2) is 7.44. The van der Waals surface area contributed by atoms with Crippen molar-refractivity contribution in [2.45, 2.75) is 18.3 Å². The number of hydrogen-bond acceptors (Lipinski definition) is 6. The van der Waals surface area contributed by atoms with Crippen LogP contribution in [0.15, 0.2) is 23.8 Å². The van der Waals surface area contributed by atoms with E-state index >= 15 is 0 Å².